The first-order chi connectivity index (χ1) is 8.56. The Morgan fingerprint density at radius 2 is 2.11 bits per heavy atom. The molecule has 18 heavy (non-hydrogen) atoms. The first-order valence-corrected chi connectivity index (χ1v) is 6.54. The predicted molar refractivity (Wildman–Crippen MR) is 71.4 cm³/mol. The molecule has 2 rings (SSSR count). The summed E-state index contributed by atoms with van der Waals surface area (Å²) in [5, 5.41) is 16.8. The van der Waals surface area contributed by atoms with Crippen LogP contribution in [-0.2, 0) is 0 Å². The molecule has 9 heteroatoms. The molecule has 3 N–H and O–H groups in total. The van der Waals surface area contributed by atoms with Gasteiger partial charge in [-0.15, -0.1) is 10.2 Å². The van der Waals surface area contributed by atoms with Gasteiger partial charge in [0.25, 0.3) is 0 Å². The molecule has 2 aromatic heterocycles. The largest absolute Gasteiger partial charge is 0.382 e. The predicted octanol–water partition coefficient (Wildman–Crippen LogP) is 0.829. The van der Waals surface area contributed by atoms with Crippen molar-refractivity contribution in [2.24, 2.45) is 5.73 Å². The van der Waals surface area contributed by atoms with Crippen LogP contribution in [0.5, 0.6) is 0 Å². The molecule has 94 valence electrons. The van der Waals surface area contributed by atoms with Crippen molar-refractivity contribution in [1.82, 2.24) is 20.2 Å². The smallest absolute Gasteiger partial charge is 0.208 e. The third-order valence-electron chi connectivity index (χ3n) is 1.87. The molecule has 0 amide bonds. The molecule has 0 spiro atoms. The minimum atomic E-state index is -0.0927. The van der Waals surface area contributed by atoms with Gasteiger partial charge < -0.3 is 10.6 Å². The van der Waals surface area contributed by atoms with E-state index in [4.69, 9.17) is 11.1 Å². The van der Waals surface area contributed by atoms with E-state index >= 15 is 0 Å². The maximum absolute atomic E-state index is 7.22. The summed E-state index contributed by atoms with van der Waals surface area (Å²) in [5.74, 6) is -0.0927. The average molecular weight is 281 g/mol. The average Bonchev–Trinajstić information content (AvgIpc) is 2.78. The number of amidine groups is 1. The Labute approximate surface area is 112 Å². The van der Waals surface area contributed by atoms with Gasteiger partial charge in [0, 0.05) is 14.1 Å². The lowest BCUT2D eigenvalue weighted by Crippen LogP contribution is -2.13. The zero-order chi connectivity index (χ0) is 13.1. The standard InChI is InChI=1S/C9H11N7S2/c1-16(2)8-14-15-9(18-8)17-6-4-12-5(3-13-6)7(10)11/h3-4H,1-2H3,(H3,10,11). The zero-order valence-electron chi connectivity index (χ0n) is 9.78. The van der Waals surface area contributed by atoms with E-state index in [0.717, 1.165) is 9.47 Å². The monoisotopic (exact) mass is 281 g/mol. The van der Waals surface area contributed by atoms with Crippen molar-refractivity contribution in [3.63, 3.8) is 0 Å². The van der Waals surface area contributed by atoms with Gasteiger partial charge in [-0.1, -0.05) is 11.3 Å². The van der Waals surface area contributed by atoms with Gasteiger partial charge in [0.15, 0.2) is 4.34 Å². The van der Waals surface area contributed by atoms with Crippen molar-refractivity contribution >= 4 is 34.1 Å². The molecule has 0 saturated carbocycles. The molecular weight excluding hydrogens is 270 g/mol. The molecule has 0 atom stereocenters. The maximum atomic E-state index is 7.22. The highest BCUT2D eigenvalue weighted by atomic mass is 32.2. The second-order valence-electron chi connectivity index (χ2n) is 3.50. The molecule has 0 aliphatic rings. The summed E-state index contributed by atoms with van der Waals surface area (Å²) in [4.78, 5) is 10.1. The molecule has 0 aromatic carbocycles. The lowest BCUT2D eigenvalue weighted by Gasteiger charge is -2.03. The molecule has 0 bridgehead atoms. The topological polar surface area (TPSA) is 105 Å². The van der Waals surface area contributed by atoms with Crippen LogP contribution in [0.3, 0.4) is 0 Å². The van der Waals surface area contributed by atoms with Crippen LogP contribution in [0, 0.1) is 5.41 Å². The summed E-state index contributed by atoms with van der Waals surface area (Å²) in [6.07, 6.45) is 3.04. The van der Waals surface area contributed by atoms with Crippen molar-refractivity contribution in [2.75, 3.05) is 19.0 Å². The van der Waals surface area contributed by atoms with Gasteiger partial charge in [-0.25, -0.2) is 9.97 Å². The third-order valence-corrected chi connectivity index (χ3v) is 3.94. The first kappa shape index (κ1) is 12.7. The van der Waals surface area contributed by atoms with E-state index in [1.165, 1.54) is 29.3 Å². The molecule has 0 radical (unpaired) electrons. The molecule has 2 heterocycles. The molecule has 0 aliphatic heterocycles. The van der Waals surface area contributed by atoms with Crippen molar-refractivity contribution in [3.05, 3.63) is 18.1 Å². The molecule has 7 nitrogen and oxygen atoms in total. The molecule has 0 aliphatic carbocycles. The lowest BCUT2D eigenvalue weighted by atomic mass is 10.4. The van der Waals surface area contributed by atoms with E-state index in [1.54, 1.807) is 6.20 Å². The van der Waals surface area contributed by atoms with Crippen LogP contribution >= 0.6 is 23.1 Å². The zero-order valence-corrected chi connectivity index (χ0v) is 11.4. The van der Waals surface area contributed by atoms with Crippen molar-refractivity contribution in [2.45, 2.75) is 9.37 Å². The number of aromatic nitrogens is 4. The Balaban J connectivity index is 2.10. The highest BCUT2D eigenvalue weighted by molar-refractivity contribution is 8.01. The van der Waals surface area contributed by atoms with Gasteiger partial charge in [0.05, 0.1) is 12.4 Å². The normalized spacial score (nSPS) is 10.3. The van der Waals surface area contributed by atoms with E-state index in [1.807, 2.05) is 19.0 Å². The van der Waals surface area contributed by atoms with Gasteiger partial charge >= 0.3 is 0 Å². The second-order valence-corrected chi connectivity index (χ2v) is 5.72. The first-order valence-electron chi connectivity index (χ1n) is 4.91. The Morgan fingerprint density at radius 1 is 1.33 bits per heavy atom. The van der Waals surface area contributed by atoms with Crippen LogP contribution < -0.4 is 10.6 Å². The van der Waals surface area contributed by atoms with Crippen LogP contribution in [0.4, 0.5) is 5.13 Å². The van der Waals surface area contributed by atoms with E-state index in [9.17, 15) is 0 Å². The molecule has 0 unspecified atom stereocenters. The van der Waals surface area contributed by atoms with Crippen molar-refractivity contribution in [1.29, 1.82) is 5.41 Å². The fourth-order valence-corrected chi connectivity index (χ4v) is 2.64. The van der Waals surface area contributed by atoms with Crippen LogP contribution in [0.15, 0.2) is 21.8 Å². The number of anilines is 1. The van der Waals surface area contributed by atoms with Gasteiger partial charge in [0.1, 0.15) is 16.6 Å². The highest BCUT2D eigenvalue weighted by Crippen LogP contribution is 2.30. The third kappa shape index (κ3) is 2.93. The SMILES string of the molecule is CN(C)c1nnc(Sc2cnc(C(=N)N)cn2)s1. The second kappa shape index (κ2) is 5.27. The van der Waals surface area contributed by atoms with Gasteiger partial charge in [-0.3, -0.25) is 5.41 Å². The maximum Gasteiger partial charge on any atom is 0.208 e. The Hall–Kier alpha value is -1.74. The van der Waals surface area contributed by atoms with Crippen LogP contribution in [0.2, 0.25) is 0 Å². The number of nitrogens with two attached hydrogens (primary N) is 1. The molecule has 2 aromatic rings. The quantitative estimate of drug-likeness (QED) is 0.631. The van der Waals surface area contributed by atoms with Gasteiger partial charge in [0.2, 0.25) is 5.13 Å². The van der Waals surface area contributed by atoms with Gasteiger partial charge in [-0.05, 0) is 11.8 Å². The van der Waals surface area contributed by atoms with E-state index in [0.29, 0.717) is 10.7 Å². The minimum absolute atomic E-state index is 0.0927. The number of nitrogens with one attached hydrogen (secondary N) is 1. The summed E-state index contributed by atoms with van der Waals surface area (Å²) in [6, 6.07) is 0. The highest BCUT2D eigenvalue weighted by Gasteiger charge is 2.08. The fraction of sp³-hybridized carbons (Fsp3) is 0.222. The van der Waals surface area contributed by atoms with E-state index in [2.05, 4.69) is 20.2 Å². The van der Waals surface area contributed by atoms with Crippen LogP contribution in [0.25, 0.3) is 0 Å². The Kier molecular flexibility index (Phi) is 3.72. The fourth-order valence-electron chi connectivity index (χ4n) is 1.02. The van der Waals surface area contributed by atoms with Crippen LogP contribution in [-0.4, -0.2) is 40.1 Å². The number of rotatable bonds is 4. The number of hydrogen-bond acceptors (Lipinski definition) is 8. The summed E-state index contributed by atoms with van der Waals surface area (Å²) >= 11 is 2.86. The Bertz CT molecular complexity index is 548. The van der Waals surface area contributed by atoms with E-state index in [-0.39, 0.29) is 5.84 Å². The Morgan fingerprint density at radius 3 is 2.61 bits per heavy atom. The number of nitrogens with zero attached hydrogens (tertiary/aromatic N) is 5. The number of nitrogen functional groups attached to an aromatic ring is 1. The molecule has 0 saturated heterocycles. The summed E-state index contributed by atoms with van der Waals surface area (Å²) < 4.78 is 0.795. The number of hydrogen-bond donors (Lipinski definition) is 2. The van der Waals surface area contributed by atoms with Gasteiger partial charge in [-0.2, -0.15) is 0 Å². The molecule has 0 fully saturated rings. The van der Waals surface area contributed by atoms with Crippen molar-refractivity contribution in [3.8, 4) is 0 Å². The minimum Gasteiger partial charge on any atom is -0.382 e. The van der Waals surface area contributed by atoms with E-state index < -0.39 is 0 Å². The van der Waals surface area contributed by atoms with Crippen LogP contribution in [0.1, 0.15) is 5.69 Å². The summed E-state index contributed by atoms with van der Waals surface area (Å²) in [5.41, 5.74) is 5.67. The van der Waals surface area contributed by atoms with Crippen molar-refractivity contribution < 1.29 is 0 Å². The summed E-state index contributed by atoms with van der Waals surface area (Å²) in [6.45, 7) is 0. The molecular formula is C9H11N7S2. The summed E-state index contributed by atoms with van der Waals surface area (Å²) in [7, 11) is 3.83. The lowest BCUT2D eigenvalue weighted by molar-refractivity contribution is 0.967.